The van der Waals surface area contributed by atoms with E-state index < -0.39 is 0 Å². The molecule has 2 aromatic carbocycles. The van der Waals surface area contributed by atoms with Crippen LogP contribution in [0.1, 0.15) is 22.8 Å². The molecule has 0 radical (unpaired) electrons. The van der Waals surface area contributed by atoms with Gasteiger partial charge in [-0.15, -0.1) is 0 Å². The van der Waals surface area contributed by atoms with Crippen molar-refractivity contribution in [2.24, 2.45) is 0 Å². The molecule has 0 atom stereocenters. The summed E-state index contributed by atoms with van der Waals surface area (Å²) in [4.78, 5) is 12.4. The second kappa shape index (κ2) is 8.19. The molecule has 0 fully saturated rings. The molecule has 0 aliphatic rings. The third-order valence-electron chi connectivity index (χ3n) is 3.27. The van der Waals surface area contributed by atoms with Gasteiger partial charge in [-0.3, -0.25) is 4.79 Å². The van der Waals surface area contributed by atoms with Crippen LogP contribution in [-0.2, 0) is 11.3 Å². The lowest BCUT2D eigenvalue weighted by Gasteiger charge is -2.11. The van der Waals surface area contributed by atoms with Gasteiger partial charge in [0.05, 0.1) is 20.3 Å². The van der Waals surface area contributed by atoms with Gasteiger partial charge in [-0.1, -0.05) is 0 Å². The number of methoxy groups -OCH3 is 2. The van der Waals surface area contributed by atoms with E-state index in [1.165, 1.54) is 0 Å². The minimum atomic E-state index is -0.186. The summed E-state index contributed by atoms with van der Waals surface area (Å²) in [5.74, 6) is 1.29. The minimum Gasteiger partial charge on any atom is -0.496 e. The first-order chi connectivity index (χ1) is 11.2. The third-order valence-corrected chi connectivity index (χ3v) is 3.27. The Morgan fingerprint density at radius 2 is 1.83 bits per heavy atom. The van der Waals surface area contributed by atoms with Gasteiger partial charge < -0.3 is 19.5 Å². The maximum Gasteiger partial charge on any atom is 0.255 e. The lowest BCUT2D eigenvalue weighted by molar-refractivity contribution is 0.102. The molecule has 0 unspecified atom stereocenters. The van der Waals surface area contributed by atoms with Gasteiger partial charge in [0.15, 0.2) is 0 Å². The summed E-state index contributed by atoms with van der Waals surface area (Å²) >= 11 is 0. The van der Waals surface area contributed by atoms with Crippen molar-refractivity contribution in [2.75, 3.05) is 26.1 Å². The maximum atomic E-state index is 12.4. The monoisotopic (exact) mass is 315 g/mol. The van der Waals surface area contributed by atoms with Crippen molar-refractivity contribution in [3.05, 3.63) is 53.6 Å². The number of benzene rings is 2. The number of hydrogen-bond donors (Lipinski definition) is 1. The van der Waals surface area contributed by atoms with Crippen molar-refractivity contribution in [3.63, 3.8) is 0 Å². The van der Waals surface area contributed by atoms with Crippen molar-refractivity contribution >= 4 is 11.6 Å². The van der Waals surface area contributed by atoms with E-state index in [1.807, 2.05) is 31.2 Å². The van der Waals surface area contributed by atoms with Crippen LogP contribution in [0.5, 0.6) is 11.5 Å². The molecule has 0 aromatic heterocycles. The first-order valence-corrected chi connectivity index (χ1v) is 7.38. The fourth-order valence-corrected chi connectivity index (χ4v) is 2.19. The molecule has 0 aliphatic heterocycles. The number of ether oxygens (including phenoxy) is 3. The van der Waals surface area contributed by atoms with E-state index in [-0.39, 0.29) is 5.91 Å². The summed E-state index contributed by atoms with van der Waals surface area (Å²) in [5.41, 5.74) is 2.09. The summed E-state index contributed by atoms with van der Waals surface area (Å²) in [6.45, 7) is 2.92. The summed E-state index contributed by atoms with van der Waals surface area (Å²) in [7, 11) is 3.19. The van der Waals surface area contributed by atoms with E-state index in [9.17, 15) is 4.79 Å². The van der Waals surface area contributed by atoms with E-state index in [1.54, 1.807) is 32.4 Å². The van der Waals surface area contributed by atoms with Gasteiger partial charge in [-0.05, 0) is 49.4 Å². The van der Waals surface area contributed by atoms with Crippen LogP contribution in [0.3, 0.4) is 0 Å². The molecule has 0 bridgehead atoms. The molecule has 2 aromatic rings. The van der Waals surface area contributed by atoms with Crippen LogP contribution in [0.25, 0.3) is 0 Å². The summed E-state index contributed by atoms with van der Waals surface area (Å²) in [5, 5.41) is 2.86. The van der Waals surface area contributed by atoms with Crippen molar-refractivity contribution in [2.45, 2.75) is 13.5 Å². The Hall–Kier alpha value is -2.53. The van der Waals surface area contributed by atoms with Crippen LogP contribution in [0.4, 0.5) is 5.69 Å². The van der Waals surface area contributed by atoms with Crippen LogP contribution in [0, 0.1) is 0 Å². The van der Waals surface area contributed by atoms with Crippen LogP contribution in [-0.4, -0.2) is 26.7 Å². The maximum absolute atomic E-state index is 12.4. The predicted octanol–water partition coefficient (Wildman–Crippen LogP) is 3.49. The van der Waals surface area contributed by atoms with E-state index in [0.29, 0.717) is 30.2 Å². The molecular formula is C18H21NO4. The number of hydrogen-bond acceptors (Lipinski definition) is 4. The number of carbonyl (C=O) groups is 1. The molecule has 5 nitrogen and oxygen atoms in total. The number of amides is 1. The highest BCUT2D eigenvalue weighted by Gasteiger charge is 2.10. The lowest BCUT2D eigenvalue weighted by atomic mass is 10.1. The van der Waals surface area contributed by atoms with Gasteiger partial charge in [-0.25, -0.2) is 0 Å². The highest BCUT2D eigenvalue weighted by Crippen LogP contribution is 2.22. The molecule has 0 spiro atoms. The second-order valence-corrected chi connectivity index (χ2v) is 4.87. The van der Waals surface area contributed by atoms with Gasteiger partial charge in [0.1, 0.15) is 11.5 Å². The lowest BCUT2D eigenvalue weighted by Crippen LogP contribution is -2.12. The first-order valence-electron chi connectivity index (χ1n) is 7.38. The Morgan fingerprint density at radius 3 is 2.43 bits per heavy atom. The Labute approximate surface area is 136 Å². The first kappa shape index (κ1) is 16.8. The number of rotatable bonds is 7. The van der Waals surface area contributed by atoms with Gasteiger partial charge in [0.2, 0.25) is 0 Å². The fourth-order valence-electron chi connectivity index (χ4n) is 2.19. The Balaban J connectivity index is 2.12. The quantitative estimate of drug-likeness (QED) is 0.849. The van der Waals surface area contributed by atoms with Crippen molar-refractivity contribution in [1.29, 1.82) is 0 Å². The van der Waals surface area contributed by atoms with E-state index in [0.717, 1.165) is 11.3 Å². The Kier molecular flexibility index (Phi) is 6.00. The van der Waals surface area contributed by atoms with Crippen molar-refractivity contribution in [3.8, 4) is 11.5 Å². The smallest absolute Gasteiger partial charge is 0.255 e. The second-order valence-electron chi connectivity index (χ2n) is 4.87. The highest BCUT2D eigenvalue weighted by molar-refractivity contribution is 6.04. The van der Waals surface area contributed by atoms with Crippen molar-refractivity contribution < 1.29 is 19.0 Å². The van der Waals surface area contributed by atoms with Crippen molar-refractivity contribution in [1.82, 2.24) is 0 Å². The van der Waals surface area contributed by atoms with Crippen LogP contribution < -0.4 is 14.8 Å². The molecule has 23 heavy (non-hydrogen) atoms. The van der Waals surface area contributed by atoms with Gasteiger partial charge in [0, 0.05) is 23.9 Å². The molecule has 5 heteroatoms. The van der Waals surface area contributed by atoms with Gasteiger partial charge in [-0.2, -0.15) is 0 Å². The average molecular weight is 315 g/mol. The van der Waals surface area contributed by atoms with Gasteiger partial charge in [0.25, 0.3) is 5.91 Å². The molecule has 1 amide bonds. The zero-order valence-corrected chi connectivity index (χ0v) is 13.6. The summed E-state index contributed by atoms with van der Waals surface area (Å²) in [6.07, 6.45) is 0. The molecule has 0 aliphatic carbocycles. The largest absolute Gasteiger partial charge is 0.496 e. The molecule has 122 valence electrons. The summed E-state index contributed by atoms with van der Waals surface area (Å²) < 4.78 is 15.8. The predicted molar refractivity (Wildman–Crippen MR) is 89.3 cm³/mol. The minimum absolute atomic E-state index is 0.186. The number of anilines is 1. The number of nitrogens with one attached hydrogen (secondary N) is 1. The average Bonchev–Trinajstić information content (AvgIpc) is 2.57. The molecule has 0 heterocycles. The van der Waals surface area contributed by atoms with Gasteiger partial charge >= 0.3 is 0 Å². The fraction of sp³-hybridized carbons (Fsp3) is 0.278. The molecule has 0 saturated heterocycles. The van der Waals surface area contributed by atoms with Crippen LogP contribution >= 0.6 is 0 Å². The van der Waals surface area contributed by atoms with E-state index in [2.05, 4.69) is 5.32 Å². The van der Waals surface area contributed by atoms with E-state index >= 15 is 0 Å². The Bertz CT molecular complexity index is 653. The standard InChI is InChI=1S/C18H21NO4/c1-4-23-16-8-6-15(7-9-16)19-18(20)13-5-10-17(22-3)14(11-13)12-21-2/h5-11H,4,12H2,1-3H3,(H,19,20). The third kappa shape index (κ3) is 4.47. The number of carbonyl (C=O) groups excluding carboxylic acids is 1. The molecule has 0 saturated carbocycles. The Morgan fingerprint density at radius 1 is 1.09 bits per heavy atom. The SMILES string of the molecule is CCOc1ccc(NC(=O)c2ccc(OC)c(COC)c2)cc1. The molecule has 1 N–H and O–H groups in total. The van der Waals surface area contributed by atoms with E-state index in [4.69, 9.17) is 14.2 Å². The highest BCUT2D eigenvalue weighted by atomic mass is 16.5. The normalized spacial score (nSPS) is 10.2. The zero-order valence-electron chi connectivity index (χ0n) is 13.6. The van der Waals surface area contributed by atoms with Crippen LogP contribution in [0.2, 0.25) is 0 Å². The zero-order chi connectivity index (χ0) is 16.7. The topological polar surface area (TPSA) is 56.8 Å². The molecule has 2 rings (SSSR count). The molecular weight excluding hydrogens is 294 g/mol. The summed E-state index contributed by atoms with van der Waals surface area (Å²) in [6, 6.07) is 12.5. The van der Waals surface area contributed by atoms with Crippen LogP contribution in [0.15, 0.2) is 42.5 Å².